The third-order valence-corrected chi connectivity index (χ3v) is 1.22. The van der Waals surface area contributed by atoms with Gasteiger partial charge in [0.15, 0.2) is 6.29 Å². The molecule has 4 N–H and O–H groups in total. The predicted octanol–water partition coefficient (Wildman–Crippen LogP) is -0.204. The maximum Gasteiger partial charge on any atom is 0.193 e. The molecular formula is C8H7N3O. The summed E-state index contributed by atoms with van der Waals surface area (Å²) in [5, 5.41) is 0. The van der Waals surface area contributed by atoms with Crippen LogP contribution in [0.1, 0.15) is 5.56 Å². The summed E-state index contributed by atoms with van der Waals surface area (Å²) in [5.41, 5.74) is 11.8. The fourth-order valence-electron chi connectivity index (χ4n) is 0.674. The monoisotopic (exact) mass is 161 g/mol. The Hall–Kier alpha value is -2.02. The zero-order valence-electron chi connectivity index (χ0n) is 6.24. The zero-order valence-corrected chi connectivity index (χ0v) is 6.24. The molecular weight excluding hydrogens is 154 g/mol. The van der Waals surface area contributed by atoms with E-state index in [9.17, 15) is 4.79 Å². The lowest BCUT2D eigenvalue weighted by Crippen LogP contribution is -1.97. The van der Waals surface area contributed by atoms with Crippen molar-refractivity contribution in [3.63, 3.8) is 0 Å². The Morgan fingerprint density at radius 2 is 2.25 bits per heavy atom. The molecule has 0 saturated heterocycles. The van der Waals surface area contributed by atoms with E-state index in [1.54, 1.807) is 6.07 Å². The van der Waals surface area contributed by atoms with Crippen LogP contribution in [0.2, 0.25) is 0 Å². The van der Waals surface area contributed by atoms with Gasteiger partial charge in [-0.15, -0.1) is 0 Å². The number of aldehydes is 1. The molecule has 60 valence electrons. The standard InChI is InChI=1S/C8H7N3O/c9-7-4-6(2-1-3-12)5-11-8(7)10/h3-5H,9H2,(H2,10,11). The summed E-state index contributed by atoms with van der Waals surface area (Å²) in [4.78, 5) is 13.6. The summed E-state index contributed by atoms with van der Waals surface area (Å²) in [6, 6.07) is 1.57. The topological polar surface area (TPSA) is 82.0 Å². The van der Waals surface area contributed by atoms with E-state index in [2.05, 4.69) is 16.8 Å². The van der Waals surface area contributed by atoms with Crippen molar-refractivity contribution in [2.45, 2.75) is 0 Å². The summed E-state index contributed by atoms with van der Waals surface area (Å²) in [5.74, 6) is 5.06. The first-order valence-corrected chi connectivity index (χ1v) is 3.20. The van der Waals surface area contributed by atoms with Gasteiger partial charge in [-0.25, -0.2) is 4.98 Å². The molecule has 1 heterocycles. The van der Waals surface area contributed by atoms with Crippen LogP contribution < -0.4 is 11.5 Å². The fraction of sp³-hybridized carbons (Fsp3) is 0. The van der Waals surface area contributed by atoms with E-state index in [1.165, 1.54) is 6.20 Å². The van der Waals surface area contributed by atoms with Crippen LogP contribution in [0.25, 0.3) is 0 Å². The molecule has 4 heteroatoms. The van der Waals surface area contributed by atoms with Crippen LogP contribution in [0.3, 0.4) is 0 Å². The number of nitrogens with zero attached hydrogens (tertiary/aromatic N) is 1. The van der Waals surface area contributed by atoms with Gasteiger partial charge in [0.25, 0.3) is 0 Å². The molecule has 1 aromatic heterocycles. The van der Waals surface area contributed by atoms with Crippen molar-refractivity contribution in [3.8, 4) is 11.8 Å². The summed E-state index contributed by atoms with van der Waals surface area (Å²) in [6.45, 7) is 0. The van der Waals surface area contributed by atoms with Gasteiger partial charge in [0.1, 0.15) is 5.82 Å². The lowest BCUT2D eigenvalue weighted by molar-refractivity contribution is -0.103. The van der Waals surface area contributed by atoms with E-state index in [-0.39, 0.29) is 5.82 Å². The van der Waals surface area contributed by atoms with Crippen LogP contribution in [0.5, 0.6) is 0 Å². The highest BCUT2D eigenvalue weighted by atomic mass is 16.1. The molecule has 0 unspecified atom stereocenters. The highest BCUT2D eigenvalue weighted by Crippen LogP contribution is 2.10. The van der Waals surface area contributed by atoms with E-state index >= 15 is 0 Å². The lowest BCUT2D eigenvalue weighted by Gasteiger charge is -1.97. The summed E-state index contributed by atoms with van der Waals surface area (Å²) >= 11 is 0. The van der Waals surface area contributed by atoms with Crippen LogP contribution >= 0.6 is 0 Å². The molecule has 1 rings (SSSR count). The van der Waals surface area contributed by atoms with Gasteiger partial charge in [-0.2, -0.15) is 0 Å². The second-order valence-corrected chi connectivity index (χ2v) is 2.09. The van der Waals surface area contributed by atoms with Crippen LogP contribution in [0.4, 0.5) is 11.5 Å². The van der Waals surface area contributed by atoms with E-state index in [0.717, 1.165) is 0 Å². The average molecular weight is 161 g/mol. The van der Waals surface area contributed by atoms with Gasteiger partial charge in [0, 0.05) is 11.8 Å². The molecule has 0 fully saturated rings. The minimum absolute atomic E-state index is 0.270. The Labute approximate surface area is 69.6 Å². The Morgan fingerprint density at radius 1 is 1.50 bits per heavy atom. The number of rotatable bonds is 0. The Kier molecular flexibility index (Phi) is 2.29. The van der Waals surface area contributed by atoms with Gasteiger partial charge < -0.3 is 11.5 Å². The first-order valence-electron chi connectivity index (χ1n) is 3.20. The fourth-order valence-corrected chi connectivity index (χ4v) is 0.674. The molecule has 0 saturated carbocycles. The Balaban J connectivity index is 3.04. The highest BCUT2D eigenvalue weighted by molar-refractivity contribution is 5.74. The van der Waals surface area contributed by atoms with E-state index in [0.29, 0.717) is 17.5 Å². The summed E-state index contributed by atoms with van der Waals surface area (Å²) in [7, 11) is 0. The quantitative estimate of drug-likeness (QED) is 0.407. The molecule has 0 amide bonds. The van der Waals surface area contributed by atoms with Crippen molar-refractivity contribution in [2.24, 2.45) is 0 Å². The molecule has 0 spiro atoms. The zero-order chi connectivity index (χ0) is 8.97. The lowest BCUT2D eigenvalue weighted by atomic mass is 10.2. The molecule has 0 bridgehead atoms. The third-order valence-electron chi connectivity index (χ3n) is 1.22. The number of pyridine rings is 1. The van der Waals surface area contributed by atoms with Gasteiger partial charge in [0.05, 0.1) is 5.69 Å². The molecule has 0 radical (unpaired) electrons. The van der Waals surface area contributed by atoms with Gasteiger partial charge in [-0.3, -0.25) is 4.79 Å². The smallest absolute Gasteiger partial charge is 0.193 e. The summed E-state index contributed by atoms with van der Waals surface area (Å²) in [6.07, 6.45) is 1.97. The van der Waals surface area contributed by atoms with Crippen molar-refractivity contribution in [2.75, 3.05) is 11.5 Å². The van der Waals surface area contributed by atoms with Crippen molar-refractivity contribution in [1.82, 2.24) is 4.98 Å². The first-order chi connectivity index (χ1) is 5.74. The molecule has 1 aromatic rings. The number of nitrogens with two attached hydrogens (primary N) is 2. The van der Waals surface area contributed by atoms with Crippen LogP contribution in [-0.2, 0) is 4.79 Å². The number of nitrogen functional groups attached to an aromatic ring is 2. The highest BCUT2D eigenvalue weighted by Gasteiger charge is 1.94. The minimum Gasteiger partial charge on any atom is -0.396 e. The second-order valence-electron chi connectivity index (χ2n) is 2.09. The van der Waals surface area contributed by atoms with Gasteiger partial charge >= 0.3 is 0 Å². The molecule has 0 aromatic carbocycles. The van der Waals surface area contributed by atoms with E-state index in [4.69, 9.17) is 11.5 Å². The van der Waals surface area contributed by atoms with E-state index < -0.39 is 0 Å². The molecule has 0 aliphatic heterocycles. The van der Waals surface area contributed by atoms with Crippen molar-refractivity contribution < 1.29 is 4.79 Å². The first kappa shape index (κ1) is 8.08. The van der Waals surface area contributed by atoms with Crippen molar-refractivity contribution in [1.29, 1.82) is 0 Å². The number of carbonyl (C=O) groups excluding carboxylic acids is 1. The number of aromatic nitrogens is 1. The molecule has 12 heavy (non-hydrogen) atoms. The van der Waals surface area contributed by atoms with Crippen molar-refractivity contribution >= 4 is 17.8 Å². The number of anilines is 2. The number of carbonyl (C=O) groups is 1. The number of hydrogen-bond acceptors (Lipinski definition) is 4. The number of hydrogen-bond donors (Lipinski definition) is 2. The van der Waals surface area contributed by atoms with Crippen LogP contribution in [0.15, 0.2) is 12.3 Å². The normalized spacial score (nSPS) is 8.33. The third kappa shape index (κ3) is 1.73. The maximum atomic E-state index is 9.88. The van der Waals surface area contributed by atoms with Gasteiger partial charge in [-0.05, 0) is 12.0 Å². The maximum absolute atomic E-state index is 9.88. The SMILES string of the molecule is Nc1cc(C#CC=O)cnc1N. The molecule has 0 aliphatic carbocycles. The Bertz CT molecular complexity index is 362. The second kappa shape index (κ2) is 3.39. The predicted molar refractivity (Wildman–Crippen MR) is 46.0 cm³/mol. The molecule has 0 aliphatic rings. The van der Waals surface area contributed by atoms with Gasteiger partial charge in [0.2, 0.25) is 0 Å². The Morgan fingerprint density at radius 3 is 2.83 bits per heavy atom. The van der Waals surface area contributed by atoms with Crippen molar-refractivity contribution in [3.05, 3.63) is 17.8 Å². The minimum atomic E-state index is 0.270. The van der Waals surface area contributed by atoms with E-state index in [1.807, 2.05) is 0 Å². The molecule has 0 atom stereocenters. The van der Waals surface area contributed by atoms with Crippen LogP contribution in [0, 0.1) is 11.8 Å². The molecule has 4 nitrogen and oxygen atoms in total. The largest absolute Gasteiger partial charge is 0.396 e. The van der Waals surface area contributed by atoms with Gasteiger partial charge in [-0.1, -0.05) is 5.92 Å². The van der Waals surface area contributed by atoms with Crippen LogP contribution in [-0.4, -0.2) is 11.3 Å². The summed E-state index contributed by atoms with van der Waals surface area (Å²) < 4.78 is 0. The average Bonchev–Trinajstić information content (AvgIpc) is 2.07.